The van der Waals surface area contributed by atoms with Crippen LogP contribution in [0.3, 0.4) is 0 Å². The Morgan fingerprint density at radius 3 is 2.44 bits per heavy atom. The first-order valence-electron chi connectivity index (χ1n) is 9.87. The van der Waals surface area contributed by atoms with Gasteiger partial charge in [-0.2, -0.15) is 0 Å². The quantitative estimate of drug-likeness (QED) is 0.380. The minimum absolute atomic E-state index is 0.246. The van der Waals surface area contributed by atoms with Crippen molar-refractivity contribution in [3.8, 4) is 11.5 Å². The molecule has 6 nitrogen and oxygen atoms in total. The molecule has 0 aliphatic rings. The van der Waals surface area contributed by atoms with Gasteiger partial charge in [-0.1, -0.05) is 52.3 Å². The summed E-state index contributed by atoms with van der Waals surface area (Å²) in [6.07, 6.45) is 0.765. The van der Waals surface area contributed by atoms with E-state index in [1.54, 1.807) is 24.3 Å². The fourth-order valence-corrected chi connectivity index (χ4v) is 4.46. The number of aryl methyl sites for hydroxylation is 1. The Kier molecular flexibility index (Phi) is 8.70. The minimum atomic E-state index is -0.483. The van der Waals surface area contributed by atoms with Crippen LogP contribution < -0.4 is 20.3 Å². The number of amides is 2. The van der Waals surface area contributed by atoms with Crippen LogP contribution in [0.25, 0.3) is 0 Å². The largest absolute Gasteiger partial charge is 0.493 e. The highest BCUT2D eigenvalue weighted by atomic mass is 79.9. The van der Waals surface area contributed by atoms with Crippen LogP contribution in [-0.2, 0) is 11.2 Å². The molecule has 2 amide bonds. The Bertz CT molecular complexity index is 1070. The van der Waals surface area contributed by atoms with Gasteiger partial charge in [-0.15, -0.1) is 0 Å². The third-order valence-corrected chi connectivity index (χ3v) is 5.50. The number of rotatable bonds is 8. The Morgan fingerprint density at radius 2 is 1.69 bits per heavy atom. The molecule has 3 aromatic carbocycles. The van der Waals surface area contributed by atoms with E-state index in [1.807, 2.05) is 49.4 Å². The smallest absolute Gasteiger partial charge is 0.276 e. The Labute approximate surface area is 203 Å². The molecule has 0 heterocycles. The van der Waals surface area contributed by atoms with Gasteiger partial charge >= 0.3 is 0 Å². The summed E-state index contributed by atoms with van der Waals surface area (Å²) in [5.41, 5.74) is 7.16. The molecule has 166 valence electrons. The number of hydrogen-bond donors (Lipinski definition) is 2. The first-order valence-corrected chi connectivity index (χ1v) is 11.5. The first-order chi connectivity index (χ1) is 15.4. The van der Waals surface area contributed by atoms with Crippen molar-refractivity contribution in [1.82, 2.24) is 10.9 Å². The lowest BCUT2D eigenvalue weighted by Crippen LogP contribution is -2.43. The summed E-state index contributed by atoms with van der Waals surface area (Å²) >= 11 is 6.81. The van der Waals surface area contributed by atoms with Gasteiger partial charge in [0.1, 0.15) is 11.5 Å². The summed E-state index contributed by atoms with van der Waals surface area (Å²) in [4.78, 5) is 24.5. The zero-order valence-corrected chi connectivity index (χ0v) is 20.5. The maximum absolute atomic E-state index is 12.4. The normalized spacial score (nSPS) is 10.3. The fraction of sp³-hybridized carbons (Fsp3) is 0.167. The lowest BCUT2D eigenvalue weighted by atomic mass is 10.2. The highest BCUT2D eigenvalue weighted by molar-refractivity contribution is 9.11. The van der Waals surface area contributed by atoms with E-state index in [9.17, 15) is 9.59 Å². The van der Waals surface area contributed by atoms with Crippen molar-refractivity contribution in [3.05, 3.63) is 92.4 Å². The molecule has 0 aliphatic heterocycles. The van der Waals surface area contributed by atoms with Gasteiger partial charge < -0.3 is 9.47 Å². The molecule has 2 N–H and O–H groups in total. The molecule has 0 atom stereocenters. The van der Waals surface area contributed by atoms with E-state index in [1.165, 1.54) is 5.56 Å². The molecule has 0 bridgehead atoms. The highest BCUT2D eigenvalue weighted by Gasteiger charge is 2.12. The standard InChI is InChI=1S/C24H22Br2N2O4/c1-16-12-19(25)14-21(26)23(16)32-15-22(29)27-28-24(30)18-8-5-9-20(13-18)31-11-10-17-6-3-2-4-7-17/h2-9,12-14H,10-11,15H2,1H3,(H,27,29)(H,28,30). The monoisotopic (exact) mass is 560 g/mol. The molecule has 0 fully saturated rings. The van der Waals surface area contributed by atoms with Crippen LogP contribution in [0.4, 0.5) is 0 Å². The maximum Gasteiger partial charge on any atom is 0.276 e. The van der Waals surface area contributed by atoms with E-state index >= 15 is 0 Å². The number of nitrogens with one attached hydrogen (secondary N) is 2. The predicted octanol–water partition coefficient (Wildman–Crippen LogP) is 4.98. The molecular formula is C24H22Br2N2O4. The van der Waals surface area contributed by atoms with Crippen LogP contribution in [0, 0.1) is 6.92 Å². The zero-order chi connectivity index (χ0) is 22.9. The van der Waals surface area contributed by atoms with Crippen molar-refractivity contribution in [2.24, 2.45) is 0 Å². The van der Waals surface area contributed by atoms with Gasteiger partial charge in [-0.05, 0) is 64.3 Å². The second-order valence-electron chi connectivity index (χ2n) is 6.94. The molecule has 0 aromatic heterocycles. The van der Waals surface area contributed by atoms with E-state index in [4.69, 9.17) is 9.47 Å². The van der Waals surface area contributed by atoms with Gasteiger partial charge in [0.2, 0.25) is 0 Å². The molecule has 0 spiro atoms. The molecule has 3 aromatic rings. The fourth-order valence-electron chi connectivity index (χ4n) is 2.90. The minimum Gasteiger partial charge on any atom is -0.493 e. The Morgan fingerprint density at radius 1 is 0.906 bits per heavy atom. The van der Waals surface area contributed by atoms with Crippen LogP contribution in [-0.4, -0.2) is 25.0 Å². The highest BCUT2D eigenvalue weighted by Crippen LogP contribution is 2.32. The maximum atomic E-state index is 12.4. The van der Waals surface area contributed by atoms with E-state index in [0.29, 0.717) is 23.7 Å². The summed E-state index contributed by atoms with van der Waals surface area (Å²) in [6, 6.07) is 20.5. The van der Waals surface area contributed by atoms with Gasteiger partial charge in [0.25, 0.3) is 11.8 Å². The van der Waals surface area contributed by atoms with Crippen molar-refractivity contribution in [2.75, 3.05) is 13.2 Å². The number of ether oxygens (including phenoxy) is 2. The SMILES string of the molecule is Cc1cc(Br)cc(Br)c1OCC(=O)NNC(=O)c1cccc(OCCc2ccccc2)c1. The number of carbonyl (C=O) groups is 2. The molecule has 3 rings (SSSR count). The molecule has 0 saturated carbocycles. The molecular weight excluding hydrogens is 540 g/mol. The van der Waals surface area contributed by atoms with Crippen molar-refractivity contribution in [3.63, 3.8) is 0 Å². The van der Waals surface area contributed by atoms with E-state index in [2.05, 4.69) is 42.7 Å². The van der Waals surface area contributed by atoms with Crippen molar-refractivity contribution in [2.45, 2.75) is 13.3 Å². The predicted molar refractivity (Wildman–Crippen MR) is 130 cm³/mol. The second kappa shape index (κ2) is 11.7. The van der Waals surface area contributed by atoms with E-state index in [0.717, 1.165) is 20.9 Å². The number of hydrazine groups is 1. The summed E-state index contributed by atoms with van der Waals surface area (Å²) in [5.74, 6) is 0.213. The van der Waals surface area contributed by atoms with Crippen molar-refractivity contribution >= 4 is 43.7 Å². The van der Waals surface area contributed by atoms with Crippen molar-refractivity contribution < 1.29 is 19.1 Å². The summed E-state index contributed by atoms with van der Waals surface area (Å²) in [5, 5.41) is 0. The third kappa shape index (κ3) is 7.10. The number of carbonyl (C=O) groups excluding carboxylic acids is 2. The first kappa shape index (κ1) is 23.8. The molecule has 0 radical (unpaired) electrons. The number of halogens is 2. The van der Waals surface area contributed by atoms with Crippen LogP contribution in [0.15, 0.2) is 75.7 Å². The number of benzene rings is 3. The van der Waals surface area contributed by atoms with E-state index < -0.39 is 11.8 Å². The van der Waals surface area contributed by atoms with Crippen LogP contribution in [0.1, 0.15) is 21.5 Å². The average molecular weight is 562 g/mol. The van der Waals surface area contributed by atoms with Crippen molar-refractivity contribution in [1.29, 1.82) is 0 Å². The van der Waals surface area contributed by atoms with Gasteiger partial charge in [0, 0.05) is 16.5 Å². The van der Waals surface area contributed by atoms with Gasteiger partial charge in [-0.3, -0.25) is 20.4 Å². The van der Waals surface area contributed by atoms with Gasteiger partial charge in [0.05, 0.1) is 11.1 Å². The van der Waals surface area contributed by atoms with Crippen LogP contribution >= 0.6 is 31.9 Å². The third-order valence-electron chi connectivity index (χ3n) is 4.46. The molecule has 0 saturated heterocycles. The summed E-state index contributed by atoms with van der Waals surface area (Å²) in [6.45, 7) is 2.12. The molecule has 32 heavy (non-hydrogen) atoms. The lowest BCUT2D eigenvalue weighted by molar-refractivity contribution is -0.123. The summed E-state index contributed by atoms with van der Waals surface area (Å²) in [7, 11) is 0. The molecule has 0 aliphatic carbocycles. The second-order valence-corrected chi connectivity index (χ2v) is 8.71. The van der Waals surface area contributed by atoms with Gasteiger partial charge in [-0.25, -0.2) is 0 Å². The van der Waals surface area contributed by atoms with Gasteiger partial charge in [0.15, 0.2) is 6.61 Å². The van der Waals surface area contributed by atoms with Crippen LogP contribution in [0.2, 0.25) is 0 Å². The van der Waals surface area contributed by atoms with Crippen LogP contribution in [0.5, 0.6) is 11.5 Å². The summed E-state index contributed by atoms with van der Waals surface area (Å²) < 4.78 is 12.9. The van der Waals surface area contributed by atoms with E-state index in [-0.39, 0.29) is 6.61 Å². The topological polar surface area (TPSA) is 76.7 Å². The average Bonchev–Trinajstić information content (AvgIpc) is 2.77. The number of hydrogen-bond acceptors (Lipinski definition) is 4. The Balaban J connectivity index is 1.46. The molecule has 8 heteroatoms. The zero-order valence-electron chi connectivity index (χ0n) is 17.4. The molecule has 0 unspecified atom stereocenters. The Hall–Kier alpha value is -2.84. The lowest BCUT2D eigenvalue weighted by Gasteiger charge is -2.12.